The van der Waals surface area contributed by atoms with Gasteiger partial charge in [0.15, 0.2) is 0 Å². The third kappa shape index (κ3) is 4.35. The number of carbonyl (C=O) groups excluding carboxylic acids is 1. The zero-order valence-corrected chi connectivity index (χ0v) is 12.4. The standard InChI is InChI=1S/C16H16F3NO3/c1-15(22,13-7-4-8-23-13)10-20-14(21)9-11-5-2-3-6-12(11)16(17,18)19/h2-8,22H,9-10H2,1H3,(H,20,21). The summed E-state index contributed by atoms with van der Waals surface area (Å²) in [4.78, 5) is 11.9. The Morgan fingerprint density at radius 2 is 1.91 bits per heavy atom. The number of halogens is 3. The molecule has 0 saturated carbocycles. The lowest BCUT2D eigenvalue weighted by Gasteiger charge is -2.21. The van der Waals surface area contributed by atoms with Crippen molar-refractivity contribution in [3.05, 3.63) is 59.5 Å². The van der Waals surface area contributed by atoms with Crippen molar-refractivity contribution in [2.45, 2.75) is 25.1 Å². The SMILES string of the molecule is CC(O)(CNC(=O)Cc1ccccc1C(F)(F)F)c1ccco1. The number of aliphatic hydroxyl groups is 1. The summed E-state index contributed by atoms with van der Waals surface area (Å²) in [7, 11) is 0. The zero-order valence-electron chi connectivity index (χ0n) is 12.4. The summed E-state index contributed by atoms with van der Waals surface area (Å²) >= 11 is 0. The highest BCUT2D eigenvalue weighted by Gasteiger charge is 2.33. The van der Waals surface area contributed by atoms with Crippen molar-refractivity contribution in [3.63, 3.8) is 0 Å². The molecule has 124 valence electrons. The van der Waals surface area contributed by atoms with Gasteiger partial charge < -0.3 is 14.8 Å². The van der Waals surface area contributed by atoms with E-state index in [0.717, 1.165) is 6.07 Å². The molecular formula is C16H16F3NO3. The molecule has 0 fully saturated rings. The van der Waals surface area contributed by atoms with Gasteiger partial charge in [-0.2, -0.15) is 13.2 Å². The smallest absolute Gasteiger partial charge is 0.416 e. The third-order valence-corrected chi connectivity index (χ3v) is 3.36. The van der Waals surface area contributed by atoms with E-state index in [2.05, 4.69) is 5.32 Å². The highest BCUT2D eigenvalue weighted by atomic mass is 19.4. The van der Waals surface area contributed by atoms with Crippen LogP contribution in [0, 0.1) is 0 Å². The highest BCUT2D eigenvalue weighted by molar-refractivity contribution is 5.79. The van der Waals surface area contributed by atoms with Crippen molar-refractivity contribution in [1.29, 1.82) is 0 Å². The number of benzene rings is 1. The van der Waals surface area contributed by atoms with Gasteiger partial charge in [-0.15, -0.1) is 0 Å². The van der Waals surface area contributed by atoms with Gasteiger partial charge in [0, 0.05) is 0 Å². The molecule has 1 heterocycles. The van der Waals surface area contributed by atoms with Crippen LogP contribution in [0.25, 0.3) is 0 Å². The Hall–Kier alpha value is -2.28. The van der Waals surface area contributed by atoms with Gasteiger partial charge in [0.1, 0.15) is 11.4 Å². The predicted molar refractivity (Wildman–Crippen MR) is 76.4 cm³/mol. The lowest BCUT2D eigenvalue weighted by atomic mass is 10.0. The molecule has 2 N–H and O–H groups in total. The van der Waals surface area contributed by atoms with Crippen LogP contribution in [0.1, 0.15) is 23.8 Å². The van der Waals surface area contributed by atoms with E-state index in [9.17, 15) is 23.1 Å². The van der Waals surface area contributed by atoms with Crippen molar-refractivity contribution in [2.24, 2.45) is 0 Å². The van der Waals surface area contributed by atoms with Crippen LogP contribution in [0.4, 0.5) is 13.2 Å². The van der Waals surface area contributed by atoms with E-state index in [1.807, 2.05) is 0 Å². The van der Waals surface area contributed by atoms with Gasteiger partial charge in [0.2, 0.25) is 5.91 Å². The van der Waals surface area contributed by atoms with Crippen molar-refractivity contribution < 1.29 is 27.5 Å². The summed E-state index contributed by atoms with van der Waals surface area (Å²) in [6, 6.07) is 8.04. The third-order valence-electron chi connectivity index (χ3n) is 3.36. The van der Waals surface area contributed by atoms with E-state index in [-0.39, 0.29) is 17.9 Å². The topological polar surface area (TPSA) is 62.5 Å². The summed E-state index contributed by atoms with van der Waals surface area (Å²) in [6.07, 6.45) is -3.56. The summed E-state index contributed by atoms with van der Waals surface area (Å²) in [5.74, 6) is -0.359. The van der Waals surface area contributed by atoms with Crippen LogP contribution >= 0.6 is 0 Å². The van der Waals surface area contributed by atoms with Crippen molar-refractivity contribution in [1.82, 2.24) is 5.32 Å². The molecule has 1 aromatic carbocycles. The Balaban J connectivity index is 2.01. The molecule has 2 rings (SSSR count). The lowest BCUT2D eigenvalue weighted by Crippen LogP contribution is -2.39. The first-order valence-electron chi connectivity index (χ1n) is 6.88. The fourth-order valence-electron chi connectivity index (χ4n) is 2.13. The highest BCUT2D eigenvalue weighted by Crippen LogP contribution is 2.32. The Morgan fingerprint density at radius 3 is 2.52 bits per heavy atom. The summed E-state index contributed by atoms with van der Waals surface area (Å²) < 4.78 is 43.7. The van der Waals surface area contributed by atoms with Gasteiger partial charge in [-0.3, -0.25) is 4.79 Å². The zero-order chi connectivity index (χ0) is 17.1. The normalized spacial score (nSPS) is 14.3. The van der Waals surface area contributed by atoms with E-state index in [0.29, 0.717) is 0 Å². The number of alkyl halides is 3. The maximum absolute atomic E-state index is 12.9. The molecule has 0 bridgehead atoms. The Kier molecular flexibility index (Phi) is 4.79. The monoisotopic (exact) mass is 327 g/mol. The quantitative estimate of drug-likeness (QED) is 0.888. The first-order chi connectivity index (χ1) is 10.7. The Morgan fingerprint density at radius 1 is 1.22 bits per heavy atom. The molecule has 23 heavy (non-hydrogen) atoms. The average Bonchev–Trinajstić information content (AvgIpc) is 3.00. The summed E-state index contributed by atoms with van der Waals surface area (Å²) in [6.45, 7) is 1.27. The number of hydrogen-bond acceptors (Lipinski definition) is 3. The van der Waals surface area contributed by atoms with Gasteiger partial charge in [-0.25, -0.2) is 0 Å². The first kappa shape index (κ1) is 17.1. The van der Waals surface area contributed by atoms with Crippen LogP contribution in [0.15, 0.2) is 47.1 Å². The molecule has 0 aliphatic rings. The molecule has 0 aliphatic carbocycles. The van der Waals surface area contributed by atoms with E-state index in [1.165, 1.54) is 31.4 Å². The largest absolute Gasteiger partial charge is 0.466 e. The van der Waals surface area contributed by atoms with Crippen LogP contribution < -0.4 is 5.32 Å². The van der Waals surface area contributed by atoms with Crippen molar-refractivity contribution in [2.75, 3.05) is 6.54 Å². The second kappa shape index (κ2) is 6.45. The molecule has 1 aromatic heterocycles. The number of furan rings is 1. The molecule has 0 radical (unpaired) electrons. The van der Waals surface area contributed by atoms with Gasteiger partial charge in [0.05, 0.1) is 24.8 Å². The van der Waals surface area contributed by atoms with Gasteiger partial charge >= 0.3 is 6.18 Å². The molecule has 1 amide bonds. The molecule has 0 saturated heterocycles. The van der Waals surface area contributed by atoms with Crippen molar-refractivity contribution in [3.8, 4) is 0 Å². The van der Waals surface area contributed by atoms with E-state index >= 15 is 0 Å². The van der Waals surface area contributed by atoms with E-state index in [1.54, 1.807) is 12.1 Å². The van der Waals surface area contributed by atoms with E-state index in [4.69, 9.17) is 4.42 Å². The Labute approximate surface area is 130 Å². The molecular weight excluding hydrogens is 311 g/mol. The second-order valence-electron chi connectivity index (χ2n) is 5.36. The minimum absolute atomic E-state index is 0.116. The lowest BCUT2D eigenvalue weighted by molar-refractivity contribution is -0.138. The first-order valence-corrected chi connectivity index (χ1v) is 6.88. The van der Waals surface area contributed by atoms with Crippen LogP contribution in [-0.2, 0) is 23.0 Å². The van der Waals surface area contributed by atoms with Crippen LogP contribution in [0.3, 0.4) is 0 Å². The fourth-order valence-corrected chi connectivity index (χ4v) is 2.13. The van der Waals surface area contributed by atoms with Gasteiger partial charge in [-0.1, -0.05) is 18.2 Å². The van der Waals surface area contributed by atoms with Crippen LogP contribution in [0.5, 0.6) is 0 Å². The van der Waals surface area contributed by atoms with Crippen molar-refractivity contribution >= 4 is 5.91 Å². The Bertz CT molecular complexity index is 663. The van der Waals surface area contributed by atoms with Crippen LogP contribution in [0.2, 0.25) is 0 Å². The summed E-state index contributed by atoms with van der Waals surface area (Å²) in [5, 5.41) is 12.6. The minimum atomic E-state index is -4.52. The number of hydrogen-bond donors (Lipinski definition) is 2. The van der Waals surface area contributed by atoms with Gasteiger partial charge in [0.25, 0.3) is 0 Å². The number of amides is 1. The maximum Gasteiger partial charge on any atom is 0.416 e. The van der Waals surface area contributed by atoms with E-state index < -0.39 is 29.7 Å². The predicted octanol–water partition coefficient (Wildman–Crippen LogP) is 2.86. The molecule has 1 unspecified atom stereocenters. The number of nitrogens with one attached hydrogen (secondary N) is 1. The molecule has 0 spiro atoms. The molecule has 2 aromatic rings. The fraction of sp³-hybridized carbons (Fsp3) is 0.312. The van der Waals surface area contributed by atoms with Gasteiger partial charge in [-0.05, 0) is 30.7 Å². The second-order valence-corrected chi connectivity index (χ2v) is 5.36. The van der Waals surface area contributed by atoms with Crippen LogP contribution in [-0.4, -0.2) is 17.6 Å². The minimum Gasteiger partial charge on any atom is -0.466 e. The number of carbonyl (C=O) groups is 1. The average molecular weight is 327 g/mol. The number of rotatable bonds is 5. The summed E-state index contributed by atoms with van der Waals surface area (Å²) in [5.41, 5.74) is -2.40. The molecule has 1 atom stereocenters. The molecule has 0 aliphatic heterocycles. The molecule has 7 heteroatoms. The maximum atomic E-state index is 12.9. The molecule has 4 nitrogen and oxygen atoms in total.